The fraction of sp³-hybridized carbons (Fsp3) is 0.0833. The zero-order valence-corrected chi connectivity index (χ0v) is 11.5. The highest BCUT2D eigenvalue weighted by atomic mass is 35.5. The number of carboxylic acids is 1. The third-order valence-corrected chi connectivity index (χ3v) is 3.20. The molecule has 1 aromatic carbocycles. The predicted molar refractivity (Wildman–Crippen MR) is 75.5 cm³/mol. The minimum absolute atomic E-state index is 0.00211. The molecule has 0 saturated heterocycles. The van der Waals surface area contributed by atoms with Crippen LogP contribution in [0.5, 0.6) is 0 Å². The summed E-state index contributed by atoms with van der Waals surface area (Å²) in [5, 5.41) is 13.0. The van der Waals surface area contributed by atoms with Crippen LogP contribution in [0.15, 0.2) is 35.6 Å². The molecule has 1 aromatic heterocycles. The van der Waals surface area contributed by atoms with Crippen molar-refractivity contribution in [3.05, 3.63) is 41.0 Å². The fourth-order valence-corrected chi connectivity index (χ4v) is 1.93. The maximum Gasteiger partial charge on any atom is 0.341 e. The first-order chi connectivity index (χ1) is 9.11. The van der Waals surface area contributed by atoms with Gasteiger partial charge in [-0.25, -0.2) is 14.8 Å². The summed E-state index contributed by atoms with van der Waals surface area (Å²) in [7, 11) is 0. The van der Waals surface area contributed by atoms with Gasteiger partial charge in [0.25, 0.3) is 0 Å². The molecule has 0 unspecified atom stereocenters. The largest absolute Gasteiger partial charge is 0.477 e. The zero-order chi connectivity index (χ0) is 13.8. The first-order valence-electron chi connectivity index (χ1n) is 5.27. The maximum absolute atomic E-state index is 11.1. The molecular weight excluding hydrogens is 286 g/mol. The number of thioether (sulfide) groups is 1. The summed E-state index contributed by atoms with van der Waals surface area (Å²) in [5.41, 5.74) is 0.593. The molecule has 1 heterocycles. The van der Waals surface area contributed by atoms with Crippen LogP contribution in [-0.2, 0) is 0 Å². The van der Waals surface area contributed by atoms with Crippen molar-refractivity contribution in [1.29, 1.82) is 0 Å². The van der Waals surface area contributed by atoms with Gasteiger partial charge in [0.15, 0.2) is 5.16 Å². The smallest absolute Gasteiger partial charge is 0.341 e. The SMILES string of the molecule is CSc1ncc(C(=O)O)c(Nc2ccccc2Cl)n1. The lowest BCUT2D eigenvalue weighted by molar-refractivity contribution is 0.0697. The first-order valence-corrected chi connectivity index (χ1v) is 6.88. The van der Waals surface area contributed by atoms with Crippen LogP contribution in [0.4, 0.5) is 11.5 Å². The van der Waals surface area contributed by atoms with E-state index >= 15 is 0 Å². The van der Waals surface area contributed by atoms with E-state index in [-0.39, 0.29) is 11.4 Å². The predicted octanol–water partition coefficient (Wildman–Crippen LogP) is 3.29. The highest BCUT2D eigenvalue weighted by molar-refractivity contribution is 7.98. The highest BCUT2D eigenvalue weighted by Crippen LogP contribution is 2.26. The number of carbonyl (C=O) groups is 1. The number of para-hydroxylation sites is 1. The van der Waals surface area contributed by atoms with E-state index in [0.717, 1.165) is 0 Å². The Bertz CT molecular complexity index is 622. The summed E-state index contributed by atoms with van der Waals surface area (Å²) < 4.78 is 0. The molecule has 0 fully saturated rings. The number of nitrogens with zero attached hydrogens (tertiary/aromatic N) is 2. The van der Waals surface area contributed by atoms with Gasteiger partial charge in [-0.15, -0.1) is 0 Å². The van der Waals surface area contributed by atoms with Gasteiger partial charge in [0, 0.05) is 6.20 Å². The zero-order valence-electron chi connectivity index (χ0n) is 9.92. The van der Waals surface area contributed by atoms with Gasteiger partial charge in [0.2, 0.25) is 0 Å². The molecular formula is C12H10ClN3O2S. The lowest BCUT2D eigenvalue weighted by Gasteiger charge is -2.10. The molecule has 98 valence electrons. The molecule has 2 N–H and O–H groups in total. The Morgan fingerprint density at radius 2 is 2.16 bits per heavy atom. The number of nitrogens with one attached hydrogen (secondary N) is 1. The van der Waals surface area contributed by atoms with Crippen LogP contribution in [0.1, 0.15) is 10.4 Å². The summed E-state index contributed by atoms with van der Waals surface area (Å²) in [4.78, 5) is 19.2. The number of hydrogen-bond acceptors (Lipinski definition) is 5. The highest BCUT2D eigenvalue weighted by Gasteiger charge is 2.14. The van der Waals surface area contributed by atoms with Crippen molar-refractivity contribution in [2.75, 3.05) is 11.6 Å². The molecule has 0 atom stereocenters. The van der Waals surface area contributed by atoms with Gasteiger partial charge < -0.3 is 10.4 Å². The van der Waals surface area contributed by atoms with Crippen molar-refractivity contribution in [1.82, 2.24) is 9.97 Å². The summed E-state index contributed by atoms with van der Waals surface area (Å²) in [6.07, 6.45) is 3.09. The number of aromatic carboxylic acids is 1. The first kappa shape index (κ1) is 13.6. The van der Waals surface area contributed by atoms with Crippen LogP contribution in [0.2, 0.25) is 5.02 Å². The van der Waals surface area contributed by atoms with Crippen LogP contribution in [0.25, 0.3) is 0 Å². The number of benzene rings is 1. The van der Waals surface area contributed by atoms with Crippen molar-refractivity contribution in [3.8, 4) is 0 Å². The Labute approximate surface area is 119 Å². The lowest BCUT2D eigenvalue weighted by atomic mass is 10.2. The van der Waals surface area contributed by atoms with Crippen molar-refractivity contribution in [3.63, 3.8) is 0 Å². The molecule has 19 heavy (non-hydrogen) atoms. The van der Waals surface area contributed by atoms with E-state index in [1.165, 1.54) is 18.0 Å². The second-order valence-electron chi connectivity index (χ2n) is 3.53. The number of halogens is 1. The summed E-state index contributed by atoms with van der Waals surface area (Å²) in [5.74, 6) is -0.873. The Kier molecular flexibility index (Phi) is 4.24. The van der Waals surface area contributed by atoms with Crippen molar-refractivity contribution in [2.45, 2.75) is 5.16 Å². The van der Waals surface area contributed by atoms with Gasteiger partial charge in [-0.05, 0) is 18.4 Å². The summed E-state index contributed by atoms with van der Waals surface area (Å²) in [6.45, 7) is 0. The molecule has 0 radical (unpaired) electrons. The molecule has 2 rings (SSSR count). The maximum atomic E-state index is 11.1. The average molecular weight is 296 g/mol. The normalized spacial score (nSPS) is 10.2. The minimum atomic E-state index is -1.10. The van der Waals surface area contributed by atoms with Crippen LogP contribution >= 0.6 is 23.4 Å². The molecule has 0 aliphatic heterocycles. The molecule has 0 spiro atoms. The number of hydrogen-bond donors (Lipinski definition) is 2. The van der Waals surface area contributed by atoms with Crippen LogP contribution in [-0.4, -0.2) is 27.3 Å². The van der Waals surface area contributed by atoms with E-state index in [9.17, 15) is 4.79 Å². The van der Waals surface area contributed by atoms with Crippen molar-refractivity contribution >= 4 is 40.8 Å². The minimum Gasteiger partial charge on any atom is -0.477 e. The molecule has 0 aliphatic carbocycles. The average Bonchev–Trinajstić information content (AvgIpc) is 2.41. The standard InChI is InChI=1S/C12H10ClN3O2S/c1-19-12-14-6-7(11(17)18)10(16-12)15-9-5-3-2-4-8(9)13/h2-6H,1H3,(H,17,18)(H,14,15,16). The Balaban J connectivity index is 2.43. The third-order valence-electron chi connectivity index (χ3n) is 2.31. The van der Waals surface area contributed by atoms with E-state index in [1.807, 2.05) is 6.26 Å². The monoisotopic (exact) mass is 295 g/mol. The van der Waals surface area contributed by atoms with E-state index in [0.29, 0.717) is 15.9 Å². The molecule has 0 amide bonds. The molecule has 0 bridgehead atoms. The van der Waals surface area contributed by atoms with Crippen LogP contribution < -0.4 is 5.32 Å². The Hall–Kier alpha value is -1.79. The quantitative estimate of drug-likeness (QED) is 0.666. The van der Waals surface area contributed by atoms with E-state index < -0.39 is 5.97 Å². The Morgan fingerprint density at radius 3 is 2.79 bits per heavy atom. The summed E-state index contributed by atoms with van der Waals surface area (Å²) in [6, 6.07) is 7.04. The van der Waals surface area contributed by atoms with Gasteiger partial charge in [0.05, 0.1) is 10.7 Å². The molecule has 0 saturated carbocycles. The van der Waals surface area contributed by atoms with Gasteiger partial charge in [0.1, 0.15) is 11.4 Å². The number of anilines is 2. The topological polar surface area (TPSA) is 75.1 Å². The molecule has 2 aromatic rings. The molecule has 5 nitrogen and oxygen atoms in total. The van der Waals surface area contributed by atoms with Crippen molar-refractivity contribution in [2.24, 2.45) is 0 Å². The number of rotatable bonds is 4. The van der Waals surface area contributed by atoms with Crippen LogP contribution in [0.3, 0.4) is 0 Å². The molecule has 7 heteroatoms. The second kappa shape index (κ2) is 5.90. The van der Waals surface area contributed by atoms with E-state index in [4.69, 9.17) is 16.7 Å². The number of carboxylic acid groups (broad SMARTS) is 1. The lowest BCUT2D eigenvalue weighted by Crippen LogP contribution is -2.07. The van der Waals surface area contributed by atoms with Gasteiger partial charge in [-0.3, -0.25) is 0 Å². The van der Waals surface area contributed by atoms with Gasteiger partial charge in [-0.1, -0.05) is 35.5 Å². The van der Waals surface area contributed by atoms with E-state index in [1.54, 1.807) is 24.3 Å². The van der Waals surface area contributed by atoms with Crippen molar-refractivity contribution < 1.29 is 9.90 Å². The van der Waals surface area contributed by atoms with Gasteiger partial charge >= 0.3 is 5.97 Å². The summed E-state index contributed by atoms with van der Waals surface area (Å²) >= 11 is 7.35. The van der Waals surface area contributed by atoms with Gasteiger partial charge in [-0.2, -0.15) is 0 Å². The Morgan fingerprint density at radius 1 is 1.42 bits per heavy atom. The van der Waals surface area contributed by atoms with Crippen LogP contribution in [0, 0.1) is 0 Å². The third kappa shape index (κ3) is 3.15. The number of aromatic nitrogens is 2. The van der Waals surface area contributed by atoms with E-state index in [2.05, 4.69) is 15.3 Å². The second-order valence-corrected chi connectivity index (χ2v) is 4.71. The molecule has 0 aliphatic rings. The fourth-order valence-electron chi connectivity index (χ4n) is 1.41.